The summed E-state index contributed by atoms with van der Waals surface area (Å²) in [6.07, 6.45) is 5.22. The first-order valence-corrected chi connectivity index (χ1v) is 10.7. The van der Waals surface area contributed by atoms with Gasteiger partial charge in [-0.2, -0.15) is 0 Å². The molecule has 1 fully saturated rings. The Balaban J connectivity index is 1.36. The zero-order valence-corrected chi connectivity index (χ0v) is 18.0. The third-order valence-electron chi connectivity index (χ3n) is 5.46. The molecule has 2 aromatic heterocycles. The van der Waals surface area contributed by atoms with Crippen LogP contribution in [0.2, 0.25) is 0 Å². The number of aryl methyl sites for hydroxylation is 1. The van der Waals surface area contributed by atoms with E-state index in [0.717, 1.165) is 29.9 Å². The number of nitrogens with one attached hydrogen (secondary N) is 2. The summed E-state index contributed by atoms with van der Waals surface area (Å²) in [5, 5.41) is 10.2. The number of aromatic nitrogens is 4. The number of carbonyl (C=O) groups excluding carboxylic acids is 2. The van der Waals surface area contributed by atoms with E-state index in [1.54, 1.807) is 41.3 Å². The van der Waals surface area contributed by atoms with E-state index in [2.05, 4.69) is 25.7 Å². The Kier molecular flexibility index (Phi) is 5.40. The molecule has 0 bridgehead atoms. The summed E-state index contributed by atoms with van der Waals surface area (Å²) >= 11 is 0. The molecule has 0 aliphatic heterocycles. The van der Waals surface area contributed by atoms with Gasteiger partial charge in [0.2, 0.25) is 5.82 Å². The van der Waals surface area contributed by atoms with E-state index in [0.29, 0.717) is 22.9 Å². The van der Waals surface area contributed by atoms with E-state index in [1.807, 2.05) is 43.3 Å². The first-order chi connectivity index (χ1) is 16.1. The molecule has 0 unspecified atom stereocenters. The van der Waals surface area contributed by atoms with Crippen LogP contribution >= 0.6 is 0 Å². The summed E-state index contributed by atoms with van der Waals surface area (Å²) in [5.74, 6) is 0.598. The van der Waals surface area contributed by atoms with E-state index < -0.39 is 5.91 Å². The van der Waals surface area contributed by atoms with Crippen molar-refractivity contribution >= 4 is 23.2 Å². The molecule has 4 aromatic rings. The zero-order chi connectivity index (χ0) is 22.8. The summed E-state index contributed by atoms with van der Waals surface area (Å²) in [6.45, 7) is 1.89. The van der Waals surface area contributed by atoms with E-state index in [-0.39, 0.29) is 11.7 Å². The zero-order valence-electron chi connectivity index (χ0n) is 18.0. The number of benzene rings is 2. The lowest BCUT2D eigenvalue weighted by molar-refractivity contribution is 0.101. The highest BCUT2D eigenvalue weighted by Crippen LogP contribution is 2.39. The van der Waals surface area contributed by atoms with Crippen LogP contribution in [0.25, 0.3) is 5.69 Å². The van der Waals surface area contributed by atoms with Crippen molar-refractivity contribution in [3.63, 3.8) is 0 Å². The van der Waals surface area contributed by atoms with Crippen molar-refractivity contribution in [3.05, 3.63) is 95.8 Å². The highest BCUT2D eigenvalue weighted by Gasteiger charge is 2.31. The molecule has 33 heavy (non-hydrogen) atoms. The van der Waals surface area contributed by atoms with Gasteiger partial charge in [-0.15, -0.1) is 5.10 Å². The van der Waals surface area contributed by atoms with Crippen molar-refractivity contribution < 1.29 is 9.59 Å². The van der Waals surface area contributed by atoms with E-state index in [1.165, 1.54) is 0 Å². The molecule has 0 spiro atoms. The maximum Gasteiger partial charge on any atom is 0.295 e. The molecule has 1 aliphatic carbocycles. The molecule has 0 atom stereocenters. The lowest BCUT2D eigenvalue weighted by Gasteiger charge is -2.11. The molecular formula is C25H22N6O2. The van der Waals surface area contributed by atoms with Crippen LogP contribution in [0.4, 0.5) is 11.4 Å². The normalized spacial score (nSPS) is 12.9. The number of carbonyl (C=O) groups is 2. The van der Waals surface area contributed by atoms with Gasteiger partial charge in [0.25, 0.3) is 11.8 Å². The van der Waals surface area contributed by atoms with Gasteiger partial charge in [-0.3, -0.25) is 14.6 Å². The van der Waals surface area contributed by atoms with Crippen LogP contribution in [0, 0.1) is 6.92 Å². The van der Waals surface area contributed by atoms with Gasteiger partial charge in [0.15, 0.2) is 0 Å². The number of para-hydroxylation sites is 1. The fourth-order valence-corrected chi connectivity index (χ4v) is 3.50. The maximum absolute atomic E-state index is 13.0. The number of rotatable bonds is 6. The number of anilines is 2. The molecule has 1 aliphatic rings. The van der Waals surface area contributed by atoms with Crippen molar-refractivity contribution in [2.75, 3.05) is 10.6 Å². The molecule has 2 amide bonds. The molecule has 1 saturated carbocycles. The minimum atomic E-state index is -0.401. The molecule has 0 radical (unpaired) electrons. The maximum atomic E-state index is 13.0. The SMILES string of the molecule is Cc1ccc(NC(=O)c2nc(C3CC3)n(-c3ccccc3)n2)cc1NC(=O)c1ccncc1. The van der Waals surface area contributed by atoms with Crippen LogP contribution in [0.5, 0.6) is 0 Å². The molecule has 8 heteroatoms. The molecule has 0 saturated heterocycles. The van der Waals surface area contributed by atoms with Gasteiger partial charge >= 0.3 is 0 Å². The minimum absolute atomic E-state index is 0.115. The monoisotopic (exact) mass is 438 g/mol. The third kappa shape index (κ3) is 4.50. The van der Waals surface area contributed by atoms with E-state index >= 15 is 0 Å². The van der Waals surface area contributed by atoms with Gasteiger partial charge in [0.05, 0.1) is 5.69 Å². The number of hydrogen-bond donors (Lipinski definition) is 2. The van der Waals surface area contributed by atoms with Crippen molar-refractivity contribution in [1.82, 2.24) is 19.7 Å². The molecule has 2 N–H and O–H groups in total. The molecular weight excluding hydrogens is 416 g/mol. The fourth-order valence-electron chi connectivity index (χ4n) is 3.50. The summed E-state index contributed by atoms with van der Waals surface area (Å²) in [4.78, 5) is 33.9. The second kappa shape index (κ2) is 8.66. The van der Waals surface area contributed by atoms with Gasteiger partial charge < -0.3 is 10.6 Å². The Hall–Kier alpha value is -4.33. The summed E-state index contributed by atoms with van der Waals surface area (Å²) < 4.78 is 1.75. The quantitative estimate of drug-likeness (QED) is 0.466. The van der Waals surface area contributed by atoms with Gasteiger partial charge in [0, 0.05) is 35.2 Å². The Morgan fingerprint density at radius 2 is 1.70 bits per heavy atom. The van der Waals surface area contributed by atoms with Crippen LogP contribution in [0.1, 0.15) is 51.1 Å². The standard InChI is InChI=1S/C25H22N6O2/c1-16-7-10-19(15-21(16)28-24(32)18-11-13-26-14-12-18)27-25(33)22-29-23(17-8-9-17)31(30-22)20-5-3-2-4-6-20/h2-7,10-15,17H,8-9H2,1H3,(H,27,33)(H,28,32). The Morgan fingerprint density at radius 1 is 0.939 bits per heavy atom. The number of nitrogens with zero attached hydrogens (tertiary/aromatic N) is 4. The predicted molar refractivity (Wildman–Crippen MR) is 125 cm³/mol. The van der Waals surface area contributed by atoms with Crippen LogP contribution in [-0.2, 0) is 0 Å². The number of amides is 2. The van der Waals surface area contributed by atoms with Crippen LogP contribution in [0.3, 0.4) is 0 Å². The second-order valence-corrected chi connectivity index (χ2v) is 7.99. The summed E-state index contributed by atoms with van der Waals surface area (Å²) in [6, 6.07) is 18.3. The van der Waals surface area contributed by atoms with Crippen molar-refractivity contribution in [2.45, 2.75) is 25.7 Å². The van der Waals surface area contributed by atoms with Crippen LogP contribution in [0.15, 0.2) is 73.1 Å². The van der Waals surface area contributed by atoms with Gasteiger partial charge in [-0.25, -0.2) is 9.67 Å². The largest absolute Gasteiger partial charge is 0.322 e. The third-order valence-corrected chi connectivity index (χ3v) is 5.46. The predicted octanol–water partition coefficient (Wildman–Crippen LogP) is 4.35. The molecule has 2 aromatic carbocycles. The molecule has 164 valence electrons. The van der Waals surface area contributed by atoms with Crippen LogP contribution in [-0.4, -0.2) is 31.6 Å². The molecule has 5 rings (SSSR count). The summed E-state index contributed by atoms with van der Waals surface area (Å²) in [7, 11) is 0. The average molecular weight is 438 g/mol. The van der Waals surface area contributed by atoms with Crippen molar-refractivity contribution in [3.8, 4) is 5.69 Å². The smallest absolute Gasteiger partial charge is 0.295 e. The minimum Gasteiger partial charge on any atom is -0.322 e. The molecule has 8 nitrogen and oxygen atoms in total. The first-order valence-electron chi connectivity index (χ1n) is 10.7. The number of hydrogen-bond acceptors (Lipinski definition) is 5. The average Bonchev–Trinajstić information content (AvgIpc) is 3.60. The van der Waals surface area contributed by atoms with Crippen LogP contribution < -0.4 is 10.6 Å². The van der Waals surface area contributed by atoms with Crippen molar-refractivity contribution in [2.24, 2.45) is 0 Å². The highest BCUT2D eigenvalue weighted by molar-refractivity contribution is 6.05. The Morgan fingerprint density at radius 3 is 2.42 bits per heavy atom. The fraction of sp³-hybridized carbons (Fsp3) is 0.160. The Labute approximate surface area is 190 Å². The highest BCUT2D eigenvalue weighted by atomic mass is 16.2. The first kappa shape index (κ1) is 20.6. The molecule has 2 heterocycles. The van der Waals surface area contributed by atoms with Gasteiger partial charge in [0.1, 0.15) is 5.82 Å². The van der Waals surface area contributed by atoms with Gasteiger partial charge in [-0.1, -0.05) is 24.3 Å². The van der Waals surface area contributed by atoms with E-state index in [4.69, 9.17) is 0 Å². The van der Waals surface area contributed by atoms with E-state index in [9.17, 15) is 9.59 Å². The second-order valence-electron chi connectivity index (χ2n) is 7.99. The lowest BCUT2D eigenvalue weighted by Crippen LogP contribution is -2.16. The number of pyridine rings is 1. The lowest BCUT2D eigenvalue weighted by atomic mass is 10.1. The Bertz CT molecular complexity index is 1310. The topological polar surface area (TPSA) is 102 Å². The van der Waals surface area contributed by atoms with Gasteiger partial charge in [-0.05, 0) is 61.7 Å². The summed E-state index contributed by atoms with van der Waals surface area (Å²) in [5.41, 5.74) is 3.40. The van der Waals surface area contributed by atoms with Crippen molar-refractivity contribution in [1.29, 1.82) is 0 Å².